The van der Waals surface area contributed by atoms with E-state index in [1.54, 1.807) is 36.9 Å². The molecule has 4 nitrogen and oxygen atoms in total. The number of rotatable bonds is 4. The van der Waals surface area contributed by atoms with E-state index in [1.165, 1.54) is 0 Å². The molecule has 0 aliphatic carbocycles. The van der Waals surface area contributed by atoms with Gasteiger partial charge in [-0.1, -0.05) is 41.4 Å². The van der Waals surface area contributed by atoms with Crippen molar-refractivity contribution in [3.05, 3.63) is 75.4 Å². The monoisotopic (exact) mass is 360 g/mol. The summed E-state index contributed by atoms with van der Waals surface area (Å²) < 4.78 is 7.42. The van der Waals surface area contributed by atoms with E-state index in [0.29, 0.717) is 38.5 Å². The minimum absolute atomic E-state index is 0.256. The number of hydrogen-bond donors (Lipinski definition) is 0. The van der Waals surface area contributed by atoms with E-state index >= 15 is 0 Å². The van der Waals surface area contributed by atoms with Crippen LogP contribution in [0.2, 0.25) is 10.0 Å². The van der Waals surface area contributed by atoms with Gasteiger partial charge in [0.1, 0.15) is 11.3 Å². The van der Waals surface area contributed by atoms with Crippen LogP contribution in [0.25, 0.3) is 0 Å². The Labute approximate surface area is 149 Å². The molecule has 0 aliphatic rings. The van der Waals surface area contributed by atoms with Gasteiger partial charge in [0.25, 0.3) is 0 Å². The summed E-state index contributed by atoms with van der Waals surface area (Å²) in [5.74, 6) is 0.736. The molecule has 0 unspecified atom stereocenters. The van der Waals surface area contributed by atoms with E-state index in [9.17, 15) is 4.79 Å². The van der Waals surface area contributed by atoms with Crippen LogP contribution in [0.5, 0.6) is 11.6 Å². The summed E-state index contributed by atoms with van der Waals surface area (Å²) in [6.45, 7) is 1.76. The zero-order chi connectivity index (χ0) is 17.3. The Kier molecular flexibility index (Phi) is 4.60. The maximum absolute atomic E-state index is 13.0. The summed E-state index contributed by atoms with van der Waals surface area (Å²) in [6.07, 6.45) is 0. The fourth-order valence-corrected chi connectivity index (χ4v) is 2.92. The smallest absolute Gasteiger partial charge is 0.229 e. The zero-order valence-electron chi connectivity index (χ0n) is 13.1. The first-order valence-corrected chi connectivity index (χ1v) is 7.99. The quantitative estimate of drug-likeness (QED) is 0.610. The molecule has 0 saturated carbocycles. The molecular weight excluding hydrogens is 347 g/mol. The van der Waals surface area contributed by atoms with Gasteiger partial charge in [-0.25, -0.2) is 4.68 Å². The van der Waals surface area contributed by atoms with Crippen molar-refractivity contribution in [2.75, 3.05) is 0 Å². The van der Waals surface area contributed by atoms with Gasteiger partial charge in [0.05, 0.1) is 10.7 Å². The van der Waals surface area contributed by atoms with Gasteiger partial charge >= 0.3 is 0 Å². The molecule has 2 aromatic carbocycles. The van der Waals surface area contributed by atoms with E-state index in [0.717, 1.165) is 0 Å². The second kappa shape index (κ2) is 6.67. The number of halogens is 2. The zero-order valence-corrected chi connectivity index (χ0v) is 14.6. The maximum atomic E-state index is 13.0. The molecule has 0 spiro atoms. The molecule has 3 aromatic rings. The Bertz CT molecular complexity index is 905. The number of aromatic nitrogens is 2. The number of ether oxygens (including phenoxy) is 1. The molecular formula is C18H14Cl2N2O2. The van der Waals surface area contributed by atoms with Crippen molar-refractivity contribution in [2.45, 2.75) is 6.92 Å². The van der Waals surface area contributed by atoms with Gasteiger partial charge in [-0.3, -0.25) is 4.79 Å². The Morgan fingerprint density at radius 3 is 2.50 bits per heavy atom. The third-order valence-electron chi connectivity index (χ3n) is 3.53. The Morgan fingerprint density at radius 2 is 1.83 bits per heavy atom. The van der Waals surface area contributed by atoms with E-state index in [1.807, 2.05) is 30.3 Å². The number of aryl methyl sites for hydroxylation is 2. The highest BCUT2D eigenvalue weighted by Gasteiger charge is 2.25. The molecule has 24 heavy (non-hydrogen) atoms. The first-order chi connectivity index (χ1) is 11.5. The number of nitrogens with zero attached hydrogens (tertiary/aromatic N) is 2. The highest BCUT2D eigenvalue weighted by molar-refractivity contribution is 6.37. The average molecular weight is 361 g/mol. The average Bonchev–Trinajstić information content (AvgIpc) is 2.81. The molecule has 0 fully saturated rings. The summed E-state index contributed by atoms with van der Waals surface area (Å²) in [5, 5.41) is 5.07. The molecule has 0 radical (unpaired) electrons. The number of hydrogen-bond acceptors (Lipinski definition) is 3. The Morgan fingerprint density at radius 1 is 1.12 bits per heavy atom. The van der Waals surface area contributed by atoms with Crippen molar-refractivity contribution < 1.29 is 9.53 Å². The number of carbonyl (C=O) groups excluding carboxylic acids is 1. The van der Waals surface area contributed by atoms with E-state index in [-0.39, 0.29) is 5.78 Å². The molecule has 122 valence electrons. The lowest BCUT2D eigenvalue weighted by Gasteiger charge is -2.09. The Balaban J connectivity index is 2.06. The third-order valence-corrected chi connectivity index (χ3v) is 4.08. The summed E-state index contributed by atoms with van der Waals surface area (Å²) in [6, 6.07) is 14.0. The molecule has 1 heterocycles. The normalized spacial score (nSPS) is 10.7. The second-order valence-electron chi connectivity index (χ2n) is 5.26. The molecule has 3 rings (SSSR count). The van der Waals surface area contributed by atoms with E-state index in [4.69, 9.17) is 27.9 Å². The SMILES string of the molecule is Cc1nn(C)c(Oc2ccccc2)c1C(=O)c1ccc(Cl)cc1Cl. The molecule has 0 bridgehead atoms. The van der Waals surface area contributed by atoms with Crippen molar-refractivity contribution in [1.82, 2.24) is 9.78 Å². The minimum atomic E-state index is -0.256. The third kappa shape index (κ3) is 3.16. The first kappa shape index (κ1) is 16.6. The molecule has 0 saturated heterocycles. The summed E-state index contributed by atoms with van der Waals surface area (Å²) >= 11 is 12.1. The predicted octanol–water partition coefficient (Wildman–Crippen LogP) is 5.06. The van der Waals surface area contributed by atoms with Crippen LogP contribution >= 0.6 is 23.2 Å². The number of carbonyl (C=O) groups is 1. The van der Waals surface area contributed by atoms with Gasteiger partial charge in [-0.2, -0.15) is 5.10 Å². The summed E-state index contributed by atoms with van der Waals surface area (Å²) in [5.41, 5.74) is 1.31. The highest BCUT2D eigenvalue weighted by Crippen LogP contribution is 2.31. The molecule has 0 N–H and O–H groups in total. The molecule has 1 aromatic heterocycles. The Hall–Kier alpha value is -2.30. The molecule has 0 atom stereocenters. The fraction of sp³-hybridized carbons (Fsp3) is 0.111. The highest BCUT2D eigenvalue weighted by atomic mass is 35.5. The lowest BCUT2D eigenvalue weighted by atomic mass is 10.0. The van der Waals surface area contributed by atoms with Crippen molar-refractivity contribution in [2.24, 2.45) is 7.05 Å². The van der Waals surface area contributed by atoms with Crippen LogP contribution in [0.15, 0.2) is 48.5 Å². The van der Waals surface area contributed by atoms with Gasteiger partial charge < -0.3 is 4.74 Å². The molecule has 0 amide bonds. The van der Waals surface area contributed by atoms with Gasteiger partial charge in [-0.05, 0) is 37.3 Å². The van der Waals surface area contributed by atoms with Crippen LogP contribution in [-0.4, -0.2) is 15.6 Å². The lowest BCUT2D eigenvalue weighted by molar-refractivity contribution is 0.103. The largest absolute Gasteiger partial charge is 0.439 e. The maximum Gasteiger partial charge on any atom is 0.229 e. The van der Waals surface area contributed by atoms with Crippen LogP contribution in [-0.2, 0) is 7.05 Å². The molecule has 0 aliphatic heterocycles. The topological polar surface area (TPSA) is 44.1 Å². The summed E-state index contributed by atoms with van der Waals surface area (Å²) in [4.78, 5) is 13.0. The lowest BCUT2D eigenvalue weighted by Crippen LogP contribution is -2.05. The van der Waals surface area contributed by atoms with Crippen LogP contribution in [0.1, 0.15) is 21.6 Å². The van der Waals surface area contributed by atoms with Crippen molar-refractivity contribution >= 4 is 29.0 Å². The van der Waals surface area contributed by atoms with Gasteiger partial charge in [0, 0.05) is 17.6 Å². The number of benzene rings is 2. The first-order valence-electron chi connectivity index (χ1n) is 7.23. The van der Waals surface area contributed by atoms with Crippen LogP contribution in [0.3, 0.4) is 0 Å². The predicted molar refractivity (Wildman–Crippen MR) is 94.4 cm³/mol. The molecule has 6 heteroatoms. The summed E-state index contributed by atoms with van der Waals surface area (Å²) in [7, 11) is 1.73. The second-order valence-corrected chi connectivity index (χ2v) is 6.10. The van der Waals surface area contributed by atoms with Crippen molar-refractivity contribution in [3.63, 3.8) is 0 Å². The van der Waals surface area contributed by atoms with Crippen LogP contribution < -0.4 is 4.74 Å². The fourth-order valence-electron chi connectivity index (χ4n) is 2.42. The van der Waals surface area contributed by atoms with Gasteiger partial charge in [0.2, 0.25) is 11.7 Å². The van der Waals surface area contributed by atoms with Crippen molar-refractivity contribution in [1.29, 1.82) is 0 Å². The van der Waals surface area contributed by atoms with E-state index < -0.39 is 0 Å². The number of para-hydroxylation sites is 1. The van der Waals surface area contributed by atoms with Crippen LogP contribution in [0.4, 0.5) is 0 Å². The van der Waals surface area contributed by atoms with Gasteiger partial charge in [0.15, 0.2) is 0 Å². The number of ketones is 1. The minimum Gasteiger partial charge on any atom is -0.439 e. The standard InChI is InChI=1S/C18H14Cl2N2O2/c1-11-16(17(23)14-9-8-12(19)10-15(14)20)18(22(2)21-11)24-13-6-4-3-5-7-13/h3-10H,1-2H3. The van der Waals surface area contributed by atoms with Gasteiger partial charge in [-0.15, -0.1) is 0 Å². The van der Waals surface area contributed by atoms with E-state index in [2.05, 4.69) is 5.10 Å². The van der Waals surface area contributed by atoms with Crippen molar-refractivity contribution in [3.8, 4) is 11.6 Å². The van der Waals surface area contributed by atoms with Crippen LogP contribution in [0, 0.1) is 6.92 Å².